The quantitative estimate of drug-likeness (QED) is 0.798. The summed E-state index contributed by atoms with van der Waals surface area (Å²) in [7, 11) is 1.47. The average molecular weight is 265 g/mol. The van der Waals surface area contributed by atoms with Gasteiger partial charge in [0.2, 0.25) is 0 Å². The van der Waals surface area contributed by atoms with Crippen molar-refractivity contribution in [2.24, 2.45) is 0 Å². The second-order valence-corrected chi connectivity index (χ2v) is 5.02. The van der Waals surface area contributed by atoms with Crippen LogP contribution in [0.4, 0.5) is 4.39 Å². The highest BCUT2D eigenvalue weighted by molar-refractivity contribution is 7.14. The molecule has 0 saturated carbocycles. The lowest BCUT2D eigenvalue weighted by molar-refractivity contribution is 0.102. The summed E-state index contributed by atoms with van der Waals surface area (Å²) in [6.07, 6.45) is 0. The number of methoxy groups -OCH3 is 1. The van der Waals surface area contributed by atoms with Crippen LogP contribution in [0.2, 0.25) is 0 Å². The number of carbonyl (C=O) groups is 1. The number of nitrogens with zero attached hydrogens (tertiary/aromatic N) is 1. The molecule has 0 atom stereocenters. The first-order valence-corrected chi connectivity index (χ1v) is 6.17. The number of thiazole rings is 1. The predicted molar refractivity (Wildman–Crippen MR) is 68.8 cm³/mol. The lowest BCUT2D eigenvalue weighted by atomic mass is 10.1. The molecule has 0 fully saturated rings. The molecule has 0 spiro atoms. The number of aromatic nitrogens is 1. The molecule has 1 aromatic carbocycles. The van der Waals surface area contributed by atoms with Crippen LogP contribution in [0, 0.1) is 12.7 Å². The number of benzene rings is 1. The van der Waals surface area contributed by atoms with E-state index in [1.54, 1.807) is 19.1 Å². The molecule has 0 aliphatic carbocycles. The minimum absolute atomic E-state index is 0.106. The van der Waals surface area contributed by atoms with E-state index >= 15 is 0 Å². The number of rotatable bonds is 3. The van der Waals surface area contributed by atoms with Crippen LogP contribution in [0.3, 0.4) is 0 Å². The van der Waals surface area contributed by atoms with Gasteiger partial charge in [-0.1, -0.05) is 0 Å². The van der Waals surface area contributed by atoms with Crippen LogP contribution in [0.25, 0.3) is 11.3 Å². The van der Waals surface area contributed by atoms with Gasteiger partial charge in [-0.05, 0) is 19.1 Å². The molecule has 94 valence electrons. The Morgan fingerprint density at radius 2 is 2.17 bits per heavy atom. The molecule has 0 bridgehead atoms. The molecule has 0 N–H and O–H groups in total. The van der Waals surface area contributed by atoms with E-state index in [4.69, 9.17) is 4.74 Å². The summed E-state index contributed by atoms with van der Waals surface area (Å²) in [5.41, 5.74) is 0.732. The van der Waals surface area contributed by atoms with E-state index < -0.39 is 5.82 Å². The standard InChI is InChI=1S/C13H12FNO2S/c1-7(16)13-12(15-8(2)18-13)10-5-4-9(17-3)6-11(10)14/h4-6H,1-3H3. The van der Waals surface area contributed by atoms with Gasteiger partial charge in [0, 0.05) is 18.6 Å². The molecule has 18 heavy (non-hydrogen) atoms. The monoisotopic (exact) mass is 265 g/mol. The number of carbonyl (C=O) groups excluding carboxylic acids is 1. The number of hydrogen-bond donors (Lipinski definition) is 0. The van der Waals surface area contributed by atoms with E-state index in [1.807, 2.05) is 0 Å². The van der Waals surface area contributed by atoms with Crippen LogP contribution in [-0.2, 0) is 0 Å². The predicted octanol–water partition coefficient (Wildman–Crippen LogP) is 3.47. The summed E-state index contributed by atoms with van der Waals surface area (Å²) >= 11 is 1.28. The Balaban J connectivity index is 2.58. The first kappa shape index (κ1) is 12.7. The molecule has 2 aromatic rings. The van der Waals surface area contributed by atoms with Crippen LogP contribution >= 0.6 is 11.3 Å². The Kier molecular flexibility index (Phi) is 3.43. The molecule has 0 unspecified atom stereocenters. The highest BCUT2D eigenvalue weighted by Crippen LogP contribution is 2.31. The fourth-order valence-corrected chi connectivity index (χ4v) is 2.49. The van der Waals surface area contributed by atoms with Gasteiger partial charge in [0.15, 0.2) is 5.78 Å². The molecule has 0 aliphatic rings. The van der Waals surface area contributed by atoms with Gasteiger partial charge in [-0.15, -0.1) is 11.3 Å². The van der Waals surface area contributed by atoms with Gasteiger partial charge in [-0.25, -0.2) is 9.37 Å². The van der Waals surface area contributed by atoms with Crippen LogP contribution in [0.15, 0.2) is 18.2 Å². The van der Waals surface area contributed by atoms with Gasteiger partial charge in [0.05, 0.1) is 22.7 Å². The normalized spacial score (nSPS) is 10.4. The van der Waals surface area contributed by atoms with E-state index in [2.05, 4.69) is 4.98 Å². The summed E-state index contributed by atoms with van der Waals surface area (Å²) < 4.78 is 18.9. The zero-order chi connectivity index (χ0) is 13.3. The van der Waals surface area contributed by atoms with E-state index in [-0.39, 0.29) is 5.78 Å². The number of ketones is 1. The molecule has 1 heterocycles. The Labute approximate surface area is 108 Å². The second kappa shape index (κ2) is 4.86. The number of aryl methyl sites for hydroxylation is 1. The first-order valence-electron chi connectivity index (χ1n) is 5.35. The molecule has 1 aromatic heterocycles. The van der Waals surface area contributed by atoms with Crippen molar-refractivity contribution in [3.8, 4) is 17.0 Å². The maximum atomic E-state index is 13.9. The first-order chi connectivity index (χ1) is 8.52. The van der Waals surface area contributed by atoms with Crippen molar-refractivity contribution in [1.29, 1.82) is 0 Å². The summed E-state index contributed by atoms with van der Waals surface area (Å²) in [4.78, 5) is 16.2. The summed E-state index contributed by atoms with van der Waals surface area (Å²) in [5, 5.41) is 0.741. The maximum absolute atomic E-state index is 13.9. The number of Topliss-reactive ketones (excluding diaryl/α,β-unsaturated/α-hetero) is 1. The summed E-state index contributed by atoms with van der Waals surface area (Å²) in [6, 6.07) is 4.51. The molecule has 0 amide bonds. The van der Waals surface area contributed by atoms with Crippen molar-refractivity contribution in [1.82, 2.24) is 4.98 Å². The second-order valence-electron chi connectivity index (χ2n) is 3.81. The Morgan fingerprint density at radius 3 is 2.72 bits per heavy atom. The highest BCUT2D eigenvalue weighted by Gasteiger charge is 2.18. The largest absolute Gasteiger partial charge is 0.497 e. The highest BCUT2D eigenvalue weighted by atomic mass is 32.1. The number of hydrogen-bond acceptors (Lipinski definition) is 4. The topological polar surface area (TPSA) is 39.2 Å². The average Bonchev–Trinajstić information content (AvgIpc) is 2.71. The van der Waals surface area contributed by atoms with Crippen molar-refractivity contribution in [3.05, 3.63) is 33.9 Å². The van der Waals surface area contributed by atoms with Crippen LogP contribution < -0.4 is 4.74 Å². The molecule has 0 aliphatic heterocycles. The number of halogens is 1. The van der Waals surface area contributed by atoms with Crippen molar-refractivity contribution in [2.45, 2.75) is 13.8 Å². The molecule has 0 radical (unpaired) electrons. The van der Waals surface area contributed by atoms with Crippen LogP contribution in [0.5, 0.6) is 5.75 Å². The Morgan fingerprint density at radius 1 is 1.44 bits per heavy atom. The third kappa shape index (κ3) is 2.26. The zero-order valence-corrected chi connectivity index (χ0v) is 11.1. The Hall–Kier alpha value is -1.75. The van der Waals surface area contributed by atoms with Gasteiger partial charge in [-0.3, -0.25) is 4.79 Å². The van der Waals surface area contributed by atoms with E-state index in [0.29, 0.717) is 21.9 Å². The SMILES string of the molecule is COc1ccc(-c2nc(C)sc2C(C)=O)c(F)c1. The van der Waals surface area contributed by atoms with Crippen LogP contribution in [0.1, 0.15) is 21.6 Å². The summed E-state index contributed by atoms with van der Waals surface area (Å²) in [5.74, 6) is -0.111. The molecule has 5 heteroatoms. The summed E-state index contributed by atoms with van der Waals surface area (Å²) in [6.45, 7) is 3.25. The van der Waals surface area contributed by atoms with E-state index in [1.165, 1.54) is 31.4 Å². The maximum Gasteiger partial charge on any atom is 0.172 e. The van der Waals surface area contributed by atoms with Gasteiger partial charge in [-0.2, -0.15) is 0 Å². The van der Waals surface area contributed by atoms with Gasteiger partial charge in [0.25, 0.3) is 0 Å². The van der Waals surface area contributed by atoms with Crippen LogP contribution in [-0.4, -0.2) is 17.9 Å². The minimum atomic E-state index is -0.442. The molecular formula is C13H12FNO2S. The van der Waals surface area contributed by atoms with Gasteiger partial charge >= 0.3 is 0 Å². The lowest BCUT2D eigenvalue weighted by Crippen LogP contribution is -1.94. The van der Waals surface area contributed by atoms with E-state index in [9.17, 15) is 9.18 Å². The van der Waals surface area contributed by atoms with E-state index in [0.717, 1.165) is 5.01 Å². The number of ether oxygens (including phenoxy) is 1. The fourth-order valence-electron chi connectivity index (χ4n) is 1.66. The minimum Gasteiger partial charge on any atom is -0.497 e. The van der Waals surface area contributed by atoms with Crippen molar-refractivity contribution >= 4 is 17.1 Å². The molecule has 2 rings (SSSR count). The third-order valence-corrected chi connectivity index (χ3v) is 3.56. The lowest BCUT2D eigenvalue weighted by Gasteiger charge is -2.04. The van der Waals surface area contributed by atoms with Crippen molar-refractivity contribution in [3.63, 3.8) is 0 Å². The Bertz CT molecular complexity index is 607. The third-order valence-electron chi connectivity index (χ3n) is 2.49. The molecular weight excluding hydrogens is 253 g/mol. The fraction of sp³-hybridized carbons (Fsp3) is 0.231. The van der Waals surface area contributed by atoms with Gasteiger partial charge < -0.3 is 4.74 Å². The smallest absolute Gasteiger partial charge is 0.172 e. The van der Waals surface area contributed by atoms with Gasteiger partial charge in [0.1, 0.15) is 11.6 Å². The van der Waals surface area contributed by atoms with Crippen molar-refractivity contribution < 1.29 is 13.9 Å². The zero-order valence-electron chi connectivity index (χ0n) is 10.3. The van der Waals surface area contributed by atoms with Crippen molar-refractivity contribution in [2.75, 3.05) is 7.11 Å². The molecule has 0 saturated heterocycles. The molecule has 3 nitrogen and oxygen atoms in total.